The number of hydrogen-bond acceptors (Lipinski definition) is 2. The minimum Gasteiger partial charge on any atom is -0.326 e. The first-order chi connectivity index (χ1) is 9.26. The zero-order chi connectivity index (χ0) is 13.2. The standard InChI is InChI=1S/C16H22N2O/c1-2-17-15(9-11-3-4-11)13-5-7-14-12(10-13)6-8-16(19)18-14/h5,7,10-11,15,17H,2-4,6,8-9H2,1H3,(H,18,19). The van der Waals surface area contributed by atoms with Crippen LogP contribution in [0.15, 0.2) is 18.2 Å². The van der Waals surface area contributed by atoms with E-state index < -0.39 is 0 Å². The lowest BCUT2D eigenvalue weighted by atomic mass is 9.95. The number of benzene rings is 1. The van der Waals surface area contributed by atoms with Crippen LogP contribution in [0.1, 0.15) is 49.8 Å². The predicted molar refractivity (Wildman–Crippen MR) is 77.2 cm³/mol. The molecule has 1 aromatic rings. The summed E-state index contributed by atoms with van der Waals surface area (Å²) in [6.07, 6.45) is 5.52. The third kappa shape index (κ3) is 2.98. The molecule has 1 aliphatic carbocycles. The summed E-state index contributed by atoms with van der Waals surface area (Å²) >= 11 is 0. The van der Waals surface area contributed by atoms with Gasteiger partial charge in [0.05, 0.1) is 0 Å². The van der Waals surface area contributed by atoms with Crippen molar-refractivity contribution in [3.8, 4) is 0 Å². The Hall–Kier alpha value is -1.35. The second kappa shape index (κ2) is 5.33. The normalized spacial score (nSPS) is 19.7. The molecule has 1 amide bonds. The largest absolute Gasteiger partial charge is 0.326 e. The van der Waals surface area contributed by atoms with Crippen molar-refractivity contribution in [3.63, 3.8) is 0 Å². The van der Waals surface area contributed by atoms with Crippen molar-refractivity contribution in [1.29, 1.82) is 0 Å². The number of fused-ring (bicyclic) bond motifs is 1. The first kappa shape index (κ1) is 12.7. The Morgan fingerprint density at radius 1 is 1.37 bits per heavy atom. The van der Waals surface area contributed by atoms with Crippen LogP contribution in [-0.4, -0.2) is 12.5 Å². The quantitative estimate of drug-likeness (QED) is 0.852. The summed E-state index contributed by atoms with van der Waals surface area (Å²) in [6.45, 7) is 3.17. The summed E-state index contributed by atoms with van der Waals surface area (Å²) in [4.78, 5) is 11.4. The lowest BCUT2D eigenvalue weighted by molar-refractivity contribution is -0.116. The van der Waals surface area contributed by atoms with Gasteiger partial charge in [-0.25, -0.2) is 0 Å². The zero-order valence-corrected chi connectivity index (χ0v) is 11.5. The molecule has 1 fully saturated rings. The number of anilines is 1. The number of hydrogen-bond donors (Lipinski definition) is 2. The van der Waals surface area contributed by atoms with Gasteiger partial charge >= 0.3 is 0 Å². The van der Waals surface area contributed by atoms with Crippen LogP contribution in [0, 0.1) is 5.92 Å². The zero-order valence-electron chi connectivity index (χ0n) is 11.5. The Kier molecular flexibility index (Phi) is 3.56. The maximum atomic E-state index is 11.4. The Morgan fingerprint density at radius 3 is 2.95 bits per heavy atom. The Labute approximate surface area is 114 Å². The van der Waals surface area contributed by atoms with Crippen LogP contribution in [0.3, 0.4) is 0 Å². The SMILES string of the molecule is CCNC(CC1CC1)c1ccc2c(c1)CCC(=O)N2. The fourth-order valence-electron chi connectivity index (χ4n) is 2.89. The predicted octanol–water partition coefficient (Wildman–Crippen LogP) is 3.02. The lowest BCUT2D eigenvalue weighted by Gasteiger charge is -2.22. The molecule has 1 aromatic carbocycles. The van der Waals surface area contributed by atoms with Gasteiger partial charge in [-0.2, -0.15) is 0 Å². The Bertz CT molecular complexity index is 480. The summed E-state index contributed by atoms with van der Waals surface area (Å²) in [6, 6.07) is 6.99. The van der Waals surface area contributed by atoms with Crippen molar-refractivity contribution in [2.24, 2.45) is 5.92 Å². The highest BCUT2D eigenvalue weighted by Gasteiger charge is 2.26. The van der Waals surface area contributed by atoms with E-state index in [2.05, 4.69) is 35.8 Å². The Morgan fingerprint density at radius 2 is 2.21 bits per heavy atom. The number of aryl methyl sites for hydroxylation is 1. The van der Waals surface area contributed by atoms with Crippen molar-refractivity contribution in [2.75, 3.05) is 11.9 Å². The summed E-state index contributed by atoms with van der Waals surface area (Å²) < 4.78 is 0. The lowest BCUT2D eigenvalue weighted by Crippen LogP contribution is -2.23. The Balaban J connectivity index is 1.80. The fourth-order valence-corrected chi connectivity index (χ4v) is 2.89. The van der Waals surface area contributed by atoms with Gasteiger partial charge in [0.15, 0.2) is 0 Å². The van der Waals surface area contributed by atoms with Crippen molar-refractivity contribution in [3.05, 3.63) is 29.3 Å². The monoisotopic (exact) mass is 258 g/mol. The first-order valence-corrected chi connectivity index (χ1v) is 7.42. The first-order valence-electron chi connectivity index (χ1n) is 7.42. The van der Waals surface area contributed by atoms with Crippen LogP contribution < -0.4 is 10.6 Å². The summed E-state index contributed by atoms with van der Waals surface area (Å²) in [5.74, 6) is 1.06. The van der Waals surface area contributed by atoms with Crippen molar-refractivity contribution >= 4 is 11.6 Å². The molecule has 1 atom stereocenters. The van der Waals surface area contributed by atoms with Gasteiger partial charge < -0.3 is 10.6 Å². The van der Waals surface area contributed by atoms with E-state index in [9.17, 15) is 4.79 Å². The molecule has 0 spiro atoms. The minimum atomic E-state index is 0.140. The highest BCUT2D eigenvalue weighted by molar-refractivity contribution is 5.93. The van der Waals surface area contributed by atoms with E-state index in [1.807, 2.05) is 0 Å². The molecule has 1 saturated carbocycles. The number of rotatable bonds is 5. The van der Waals surface area contributed by atoms with Gasteiger partial charge in [-0.15, -0.1) is 0 Å². The third-order valence-corrected chi connectivity index (χ3v) is 4.14. The van der Waals surface area contributed by atoms with Crippen LogP contribution in [0.4, 0.5) is 5.69 Å². The maximum absolute atomic E-state index is 11.4. The van der Waals surface area contributed by atoms with Crippen LogP contribution in [0.25, 0.3) is 0 Å². The second-order valence-corrected chi connectivity index (χ2v) is 5.75. The van der Waals surface area contributed by atoms with Gasteiger partial charge in [0.2, 0.25) is 5.91 Å². The molecule has 0 bridgehead atoms. The molecule has 1 aliphatic heterocycles. The van der Waals surface area contributed by atoms with Gasteiger partial charge in [-0.1, -0.05) is 31.9 Å². The van der Waals surface area contributed by atoms with Crippen LogP contribution in [0.5, 0.6) is 0 Å². The molecule has 102 valence electrons. The summed E-state index contributed by atoms with van der Waals surface area (Å²) in [5.41, 5.74) is 3.67. The van der Waals surface area contributed by atoms with Gasteiger partial charge in [0.1, 0.15) is 0 Å². The van der Waals surface area contributed by atoms with E-state index in [1.54, 1.807) is 0 Å². The van der Waals surface area contributed by atoms with E-state index in [1.165, 1.54) is 30.4 Å². The van der Waals surface area contributed by atoms with E-state index in [4.69, 9.17) is 0 Å². The van der Waals surface area contributed by atoms with Crippen molar-refractivity contribution in [1.82, 2.24) is 5.32 Å². The number of carbonyl (C=O) groups is 1. The molecule has 3 nitrogen and oxygen atoms in total. The minimum absolute atomic E-state index is 0.140. The van der Waals surface area contributed by atoms with Gasteiger partial charge in [-0.3, -0.25) is 4.79 Å². The highest BCUT2D eigenvalue weighted by atomic mass is 16.1. The topological polar surface area (TPSA) is 41.1 Å². The second-order valence-electron chi connectivity index (χ2n) is 5.75. The average Bonchev–Trinajstić information content (AvgIpc) is 3.22. The van der Waals surface area contributed by atoms with E-state index in [0.29, 0.717) is 12.5 Å². The van der Waals surface area contributed by atoms with Crippen LogP contribution >= 0.6 is 0 Å². The van der Waals surface area contributed by atoms with Crippen LogP contribution in [0.2, 0.25) is 0 Å². The van der Waals surface area contributed by atoms with Gasteiger partial charge in [-0.05, 0) is 42.5 Å². The molecule has 1 unspecified atom stereocenters. The number of nitrogens with one attached hydrogen (secondary N) is 2. The molecule has 1 heterocycles. The number of carbonyl (C=O) groups excluding carboxylic acids is 1. The molecule has 0 saturated heterocycles. The summed E-state index contributed by atoms with van der Waals surface area (Å²) in [7, 11) is 0. The molecule has 0 radical (unpaired) electrons. The molecule has 0 aromatic heterocycles. The van der Waals surface area contributed by atoms with E-state index in [0.717, 1.165) is 24.6 Å². The molecule has 3 heteroatoms. The molecule has 3 rings (SSSR count). The molecule has 2 aliphatic rings. The van der Waals surface area contributed by atoms with E-state index in [-0.39, 0.29) is 5.91 Å². The molecular formula is C16H22N2O. The molecule has 2 N–H and O–H groups in total. The van der Waals surface area contributed by atoms with Gasteiger partial charge in [0, 0.05) is 18.2 Å². The average molecular weight is 258 g/mol. The van der Waals surface area contributed by atoms with Crippen LogP contribution in [-0.2, 0) is 11.2 Å². The van der Waals surface area contributed by atoms with Crippen molar-refractivity contribution < 1.29 is 4.79 Å². The maximum Gasteiger partial charge on any atom is 0.224 e. The van der Waals surface area contributed by atoms with Gasteiger partial charge in [0.25, 0.3) is 0 Å². The van der Waals surface area contributed by atoms with E-state index >= 15 is 0 Å². The summed E-state index contributed by atoms with van der Waals surface area (Å²) in [5, 5.41) is 6.55. The molecular weight excluding hydrogens is 236 g/mol. The third-order valence-electron chi connectivity index (χ3n) is 4.14. The van der Waals surface area contributed by atoms with Crippen molar-refractivity contribution in [2.45, 2.75) is 45.1 Å². The number of amides is 1. The smallest absolute Gasteiger partial charge is 0.224 e. The fraction of sp³-hybridized carbons (Fsp3) is 0.562. The highest BCUT2D eigenvalue weighted by Crippen LogP contribution is 2.38. The molecule has 19 heavy (non-hydrogen) atoms.